The van der Waals surface area contributed by atoms with Crippen LogP contribution in [0.5, 0.6) is 0 Å². The second-order valence-electron chi connectivity index (χ2n) is 7.22. The van der Waals surface area contributed by atoms with Crippen LogP contribution in [0.4, 0.5) is 0 Å². The largest absolute Gasteiger partial charge is 0.481 e. The molecule has 1 saturated heterocycles. The highest BCUT2D eigenvalue weighted by Crippen LogP contribution is 2.40. The Labute approximate surface area is 142 Å². The molecule has 1 heterocycles. The Kier molecular flexibility index (Phi) is 4.76. The molecular weight excluding hydrogens is 314 g/mol. The Bertz CT molecular complexity index is 609. The fraction of sp³-hybridized carbons (Fsp3) is 0.556. The summed E-state index contributed by atoms with van der Waals surface area (Å²) in [5, 5.41) is 10.3. The van der Waals surface area contributed by atoms with Crippen molar-refractivity contribution in [2.24, 2.45) is 11.3 Å². The molecule has 1 N–H and O–H groups in total. The van der Waals surface area contributed by atoms with Gasteiger partial charge in [0.15, 0.2) is 0 Å². The van der Waals surface area contributed by atoms with Crippen molar-refractivity contribution in [1.82, 2.24) is 4.90 Å². The Morgan fingerprint density at radius 3 is 2.26 bits per heavy atom. The summed E-state index contributed by atoms with van der Waals surface area (Å²) >= 11 is 5.91. The van der Waals surface area contributed by atoms with Gasteiger partial charge in [-0.1, -0.05) is 37.6 Å². The number of carboxylic acids is 1. The van der Waals surface area contributed by atoms with Gasteiger partial charge in [0.2, 0.25) is 5.91 Å². The molecule has 0 aliphatic carbocycles. The SMILES string of the molecule is CC(C)C1(C(=O)O)CCN(C(=O)C(C)(C)c2ccc(Cl)cc2)C1. The van der Waals surface area contributed by atoms with Crippen molar-refractivity contribution in [2.75, 3.05) is 13.1 Å². The lowest BCUT2D eigenvalue weighted by molar-refractivity contribution is -0.151. The van der Waals surface area contributed by atoms with Gasteiger partial charge in [-0.25, -0.2) is 0 Å². The minimum atomic E-state index is -0.842. The van der Waals surface area contributed by atoms with Crippen LogP contribution in [0.15, 0.2) is 24.3 Å². The van der Waals surface area contributed by atoms with Gasteiger partial charge in [-0.05, 0) is 43.9 Å². The number of hydrogen-bond donors (Lipinski definition) is 1. The predicted octanol–water partition coefficient (Wildman–Crippen LogP) is 3.58. The third-order valence-corrected chi connectivity index (χ3v) is 5.47. The molecule has 0 saturated carbocycles. The minimum absolute atomic E-state index is 0.0172. The molecule has 1 fully saturated rings. The van der Waals surface area contributed by atoms with E-state index in [2.05, 4.69) is 0 Å². The van der Waals surface area contributed by atoms with E-state index in [1.165, 1.54) is 0 Å². The number of carboxylic acid groups (broad SMARTS) is 1. The number of rotatable bonds is 4. The number of aliphatic carboxylic acids is 1. The Hall–Kier alpha value is -1.55. The van der Waals surface area contributed by atoms with Gasteiger partial charge >= 0.3 is 5.97 Å². The normalized spacial score (nSPS) is 21.7. The number of likely N-dealkylation sites (tertiary alicyclic amines) is 1. The Morgan fingerprint density at radius 2 is 1.83 bits per heavy atom. The highest BCUT2D eigenvalue weighted by Gasteiger charge is 2.50. The van der Waals surface area contributed by atoms with Crippen LogP contribution in [0, 0.1) is 11.3 Å². The molecule has 23 heavy (non-hydrogen) atoms. The third-order valence-electron chi connectivity index (χ3n) is 5.22. The van der Waals surface area contributed by atoms with Crippen molar-refractivity contribution in [2.45, 2.75) is 39.5 Å². The van der Waals surface area contributed by atoms with Gasteiger partial charge in [-0.15, -0.1) is 0 Å². The molecule has 1 unspecified atom stereocenters. The summed E-state index contributed by atoms with van der Waals surface area (Å²) in [6.45, 7) is 8.32. The quantitative estimate of drug-likeness (QED) is 0.913. The van der Waals surface area contributed by atoms with Crippen molar-refractivity contribution < 1.29 is 14.7 Å². The van der Waals surface area contributed by atoms with Gasteiger partial charge in [-0.2, -0.15) is 0 Å². The molecule has 2 rings (SSSR count). The highest BCUT2D eigenvalue weighted by atomic mass is 35.5. The van der Waals surface area contributed by atoms with Crippen LogP contribution in [-0.2, 0) is 15.0 Å². The van der Waals surface area contributed by atoms with E-state index in [1.54, 1.807) is 17.0 Å². The van der Waals surface area contributed by atoms with Gasteiger partial charge < -0.3 is 10.0 Å². The van der Waals surface area contributed by atoms with Crippen molar-refractivity contribution in [3.63, 3.8) is 0 Å². The van der Waals surface area contributed by atoms with Crippen LogP contribution >= 0.6 is 11.6 Å². The lowest BCUT2D eigenvalue weighted by atomic mass is 9.76. The topological polar surface area (TPSA) is 57.6 Å². The van der Waals surface area contributed by atoms with Crippen molar-refractivity contribution in [1.29, 1.82) is 0 Å². The van der Waals surface area contributed by atoms with E-state index in [4.69, 9.17) is 11.6 Å². The molecule has 0 spiro atoms. The molecule has 0 aromatic heterocycles. The summed E-state index contributed by atoms with van der Waals surface area (Å²) in [7, 11) is 0. The van der Waals surface area contributed by atoms with Gasteiger partial charge in [0, 0.05) is 18.1 Å². The van der Waals surface area contributed by atoms with Crippen molar-refractivity contribution in [3.8, 4) is 0 Å². The first-order valence-electron chi connectivity index (χ1n) is 7.90. The first kappa shape index (κ1) is 17.8. The van der Waals surface area contributed by atoms with Gasteiger partial charge in [0.05, 0.1) is 10.8 Å². The zero-order valence-corrected chi connectivity index (χ0v) is 14.9. The minimum Gasteiger partial charge on any atom is -0.481 e. The van der Waals surface area contributed by atoms with Crippen molar-refractivity contribution in [3.05, 3.63) is 34.9 Å². The number of halogens is 1. The molecule has 126 valence electrons. The zero-order chi connectivity index (χ0) is 17.4. The second-order valence-corrected chi connectivity index (χ2v) is 7.66. The predicted molar refractivity (Wildman–Crippen MR) is 90.6 cm³/mol. The maximum absolute atomic E-state index is 13.0. The van der Waals surface area contributed by atoms with Crippen LogP contribution in [0.2, 0.25) is 5.02 Å². The molecule has 1 aliphatic rings. The summed E-state index contributed by atoms with van der Waals surface area (Å²) in [5.41, 5.74) is -0.675. The Morgan fingerprint density at radius 1 is 1.26 bits per heavy atom. The molecule has 0 radical (unpaired) electrons. The Balaban J connectivity index is 2.24. The molecule has 1 aromatic rings. The molecule has 5 heteroatoms. The number of benzene rings is 1. The summed E-state index contributed by atoms with van der Waals surface area (Å²) in [6, 6.07) is 7.24. The third kappa shape index (κ3) is 3.09. The maximum atomic E-state index is 13.0. The lowest BCUT2D eigenvalue weighted by Crippen LogP contribution is -2.45. The van der Waals surface area contributed by atoms with E-state index in [-0.39, 0.29) is 18.4 Å². The highest BCUT2D eigenvalue weighted by molar-refractivity contribution is 6.30. The van der Waals surface area contributed by atoms with E-state index in [0.717, 1.165) is 5.56 Å². The number of carbonyl (C=O) groups is 2. The number of amides is 1. The van der Waals surface area contributed by atoms with Crippen LogP contribution in [-0.4, -0.2) is 35.0 Å². The van der Waals surface area contributed by atoms with E-state index in [1.807, 2.05) is 39.8 Å². The first-order chi connectivity index (χ1) is 10.6. The van der Waals surface area contributed by atoms with Crippen LogP contribution < -0.4 is 0 Å². The van der Waals surface area contributed by atoms with Crippen molar-refractivity contribution >= 4 is 23.5 Å². The standard InChI is InChI=1S/C18H24ClNO3/c1-12(2)18(16(22)23)9-10-20(11-18)15(21)17(3,4)13-5-7-14(19)8-6-13/h5-8,12H,9-11H2,1-4H3,(H,22,23). The number of hydrogen-bond acceptors (Lipinski definition) is 2. The summed E-state index contributed by atoms with van der Waals surface area (Å²) in [4.78, 5) is 26.4. The maximum Gasteiger partial charge on any atom is 0.311 e. The fourth-order valence-electron chi connectivity index (χ4n) is 3.28. The van der Waals surface area contributed by atoms with Gasteiger partial charge in [0.25, 0.3) is 0 Å². The average molecular weight is 338 g/mol. The van der Waals surface area contributed by atoms with Crippen LogP contribution in [0.3, 0.4) is 0 Å². The molecule has 1 amide bonds. The average Bonchev–Trinajstić information content (AvgIpc) is 2.93. The monoisotopic (exact) mass is 337 g/mol. The van der Waals surface area contributed by atoms with Crippen LogP contribution in [0.1, 0.15) is 39.7 Å². The first-order valence-corrected chi connectivity index (χ1v) is 8.28. The summed E-state index contributed by atoms with van der Waals surface area (Å²) in [6.07, 6.45) is 0.502. The van der Waals surface area contributed by atoms with Gasteiger partial charge in [-0.3, -0.25) is 9.59 Å². The number of nitrogens with zero attached hydrogens (tertiary/aromatic N) is 1. The van der Waals surface area contributed by atoms with E-state index in [9.17, 15) is 14.7 Å². The second kappa shape index (κ2) is 6.16. The molecule has 1 atom stereocenters. The summed E-state index contributed by atoms with van der Waals surface area (Å²) in [5.74, 6) is -0.868. The van der Waals surface area contributed by atoms with E-state index < -0.39 is 16.8 Å². The smallest absolute Gasteiger partial charge is 0.311 e. The molecule has 1 aromatic carbocycles. The molecule has 1 aliphatic heterocycles. The molecule has 0 bridgehead atoms. The van der Waals surface area contributed by atoms with E-state index in [0.29, 0.717) is 18.0 Å². The van der Waals surface area contributed by atoms with Gasteiger partial charge in [0.1, 0.15) is 0 Å². The molecule has 4 nitrogen and oxygen atoms in total. The van der Waals surface area contributed by atoms with Crippen LogP contribution in [0.25, 0.3) is 0 Å². The number of carbonyl (C=O) groups excluding carboxylic acids is 1. The van der Waals surface area contributed by atoms with E-state index >= 15 is 0 Å². The lowest BCUT2D eigenvalue weighted by Gasteiger charge is -2.32. The zero-order valence-electron chi connectivity index (χ0n) is 14.1. The fourth-order valence-corrected chi connectivity index (χ4v) is 3.41. The molecular formula is C18H24ClNO3. The summed E-state index contributed by atoms with van der Waals surface area (Å²) < 4.78 is 0.